The number of hydrogen-bond donors (Lipinski definition) is 0. The third-order valence-corrected chi connectivity index (χ3v) is 9.53. The Morgan fingerprint density at radius 2 is 1.14 bits per heavy atom. The summed E-state index contributed by atoms with van der Waals surface area (Å²) >= 11 is 0. The van der Waals surface area contributed by atoms with Gasteiger partial charge in [0.15, 0.2) is 12.3 Å². The van der Waals surface area contributed by atoms with Crippen molar-refractivity contribution < 1.29 is 45.4 Å². The molecule has 2 aliphatic rings. The van der Waals surface area contributed by atoms with Gasteiger partial charge in [-0.25, -0.2) is 0 Å². The van der Waals surface area contributed by atoms with E-state index in [0.29, 0.717) is 92.4 Å². The number of rotatable bonds is 27. The van der Waals surface area contributed by atoms with Gasteiger partial charge in [-0.05, 0) is 42.6 Å². The lowest BCUT2D eigenvalue weighted by Gasteiger charge is -2.27. The molecule has 0 atom stereocenters. The maximum absolute atomic E-state index is 8.31. The van der Waals surface area contributed by atoms with Crippen LogP contribution in [0.5, 0.6) is 0 Å². The number of halogens is 1. The van der Waals surface area contributed by atoms with E-state index in [1.807, 2.05) is 0 Å². The van der Waals surface area contributed by atoms with Crippen molar-refractivity contribution >= 4 is 17.1 Å². The molecule has 2 aliphatic heterocycles. The number of ether oxygens (including phenoxy) is 6. The first-order valence-corrected chi connectivity index (χ1v) is 19.0. The predicted octanol–water partition coefficient (Wildman–Crippen LogP) is 4.58. The topological polar surface area (TPSA) is 159 Å². The molecule has 2 aromatic rings. The normalized spacial score (nSPS) is 15.9. The molecule has 0 saturated heterocycles. The number of benzene rings is 2. The second-order valence-corrected chi connectivity index (χ2v) is 13.9. The first-order valence-electron chi connectivity index (χ1n) is 19.0. The van der Waals surface area contributed by atoms with Crippen LogP contribution in [0.4, 0.5) is 11.4 Å². The second kappa shape index (κ2) is 25.1. The zero-order valence-corrected chi connectivity index (χ0v) is 34.0. The van der Waals surface area contributed by atoms with Crippen LogP contribution in [-0.2, 0) is 39.3 Å². The van der Waals surface area contributed by atoms with Gasteiger partial charge in [-0.2, -0.15) is 4.58 Å². The molecule has 0 spiro atoms. The molecule has 2 aromatic carbocycles. The van der Waals surface area contributed by atoms with Crippen molar-refractivity contribution in [3.63, 3.8) is 0 Å². The van der Waals surface area contributed by atoms with Crippen molar-refractivity contribution in [1.29, 1.82) is 0 Å². The Morgan fingerprint density at radius 3 is 1.75 bits per heavy atom. The Hall–Kier alpha value is -4.20. The van der Waals surface area contributed by atoms with Gasteiger partial charge in [-0.15, -0.1) is 0 Å². The van der Waals surface area contributed by atoms with Gasteiger partial charge in [0.25, 0.3) is 0 Å². The molecular weight excluding hydrogens is 736 g/mol. The highest BCUT2D eigenvalue weighted by Crippen LogP contribution is 2.47. The summed E-state index contributed by atoms with van der Waals surface area (Å²) in [4.78, 5) is 7.77. The van der Waals surface area contributed by atoms with Crippen LogP contribution in [0.15, 0.2) is 94.8 Å². The summed E-state index contributed by atoms with van der Waals surface area (Å²) in [5.41, 5.74) is 23.7. The summed E-state index contributed by atoms with van der Waals surface area (Å²) in [6.07, 6.45) is 10.8. The minimum absolute atomic E-state index is 0. The van der Waals surface area contributed by atoms with Gasteiger partial charge >= 0.3 is 0 Å². The first-order chi connectivity index (χ1) is 26.8. The highest BCUT2D eigenvalue weighted by atomic mass is 35.5. The van der Waals surface area contributed by atoms with E-state index in [1.165, 1.54) is 33.9 Å². The molecule has 14 nitrogen and oxygen atoms in total. The summed E-state index contributed by atoms with van der Waals surface area (Å²) < 4.78 is 36.2. The van der Waals surface area contributed by atoms with E-state index >= 15 is 0 Å². The van der Waals surface area contributed by atoms with Crippen molar-refractivity contribution in [1.82, 2.24) is 0 Å². The zero-order chi connectivity index (χ0) is 39.2. The number of anilines is 1. The van der Waals surface area contributed by atoms with Gasteiger partial charge in [0, 0.05) is 64.0 Å². The molecular formula is C41H57ClN8O6. The Kier molecular flexibility index (Phi) is 20.7. The van der Waals surface area contributed by atoms with E-state index in [0.717, 1.165) is 13.1 Å². The van der Waals surface area contributed by atoms with Crippen LogP contribution in [0.25, 0.3) is 20.9 Å². The van der Waals surface area contributed by atoms with Gasteiger partial charge in [-0.3, -0.25) is 0 Å². The second-order valence-electron chi connectivity index (χ2n) is 13.9. The van der Waals surface area contributed by atoms with Crippen molar-refractivity contribution in [2.75, 3.05) is 110 Å². The smallest absolute Gasteiger partial charge is 0.209 e. The van der Waals surface area contributed by atoms with Crippen molar-refractivity contribution in [2.45, 2.75) is 38.5 Å². The quantitative estimate of drug-likeness (QED) is 0.0320. The van der Waals surface area contributed by atoms with Gasteiger partial charge < -0.3 is 45.7 Å². The third kappa shape index (κ3) is 13.5. The molecule has 0 aliphatic carbocycles. The van der Waals surface area contributed by atoms with Crippen molar-refractivity contribution in [2.24, 2.45) is 10.2 Å². The molecule has 0 bridgehead atoms. The first kappa shape index (κ1) is 46.2. The molecule has 4 rings (SSSR count). The fraction of sp³-hybridized carbons (Fsp3) is 0.537. The van der Waals surface area contributed by atoms with Crippen LogP contribution < -0.4 is 17.3 Å². The van der Waals surface area contributed by atoms with E-state index in [1.54, 1.807) is 0 Å². The maximum atomic E-state index is 8.31. The summed E-state index contributed by atoms with van der Waals surface area (Å²) in [5, 5.41) is 6.88. The molecule has 0 radical (unpaired) electrons. The predicted molar refractivity (Wildman–Crippen MR) is 215 cm³/mol. The Labute approximate surface area is 337 Å². The molecule has 15 heteroatoms. The largest absolute Gasteiger partial charge is 1.00 e. The average molecular weight is 793 g/mol. The van der Waals surface area contributed by atoms with Crippen molar-refractivity contribution in [3.05, 3.63) is 117 Å². The Bertz CT molecular complexity index is 1730. The molecule has 0 unspecified atom stereocenters. The lowest BCUT2D eigenvalue weighted by molar-refractivity contribution is -0.442. The summed E-state index contributed by atoms with van der Waals surface area (Å²) in [6, 6.07) is 17.2. The zero-order valence-electron chi connectivity index (χ0n) is 33.2. The van der Waals surface area contributed by atoms with E-state index < -0.39 is 0 Å². The van der Waals surface area contributed by atoms with Gasteiger partial charge in [-0.1, -0.05) is 78.7 Å². The fourth-order valence-corrected chi connectivity index (χ4v) is 6.82. The van der Waals surface area contributed by atoms with Crippen LogP contribution in [0.1, 0.15) is 38.8 Å². The molecule has 0 saturated carbocycles. The van der Waals surface area contributed by atoms with Gasteiger partial charge in [0.1, 0.15) is 6.61 Å². The maximum Gasteiger partial charge on any atom is 0.209 e. The minimum Gasteiger partial charge on any atom is -1.00 e. The highest BCUT2D eigenvalue weighted by Gasteiger charge is 2.44. The SMILES string of the molecule is CC1(C)C(/C=C/C=C/C=C2/N(CCOCCOCCOCCN=[N+]=[N-])c3ccccc3C2(C)C)=[N+](CCOCCOCCOCCN=[N+]=[N-])c2ccccc21.[Cl-]. The van der Waals surface area contributed by atoms with Gasteiger partial charge in [0.05, 0.1) is 78.1 Å². The molecule has 0 fully saturated rings. The molecule has 56 heavy (non-hydrogen) atoms. The third-order valence-electron chi connectivity index (χ3n) is 9.53. The van der Waals surface area contributed by atoms with Gasteiger partial charge in [0.2, 0.25) is 5.69 Å². The molecule has 2 heterocycles. The number of fused-ring (bicyclic) bond motifs is 2. The molecule has 304 valence electrons. The molecule has 0 aromatic heterocycles. The number of para-hydroxylation sites is 2. The summed E-state index contributed by atoms with van der Waals surface area (Å²) in [7, 11) is 0. The Balaban J connectivity index is 0.00000841. The van der Waals surface area contributed by atoms with Crippen LogP contribution >= 0.6 is 0 Å². The lowest BCUT2D eigenvalue weighted by atomic mass is 9.81. The number of nitrogens with zero attached hydrogens (tertiary/aromatic N) is 8. The number of azide groups is 2. The lowest BCUT2D eigenvalue weighted by Crippen LogP contribution is -3.00. The standard InChI is InChI=1S/C41H57N8O6.ClH/c1-40(2)34-12-8-10-14-36(34)48(20-24-52-28-32-54-30-26-50-22-18-44-46-42)38(40)16-6-5-7-17-39-41(3,4)35-13-9-11-15-37(35)49(39)21-25-53-29-33-55-31-27-51-23-19-45-47-43;/h5-17H,18-33H2,1-4H3;1H/q+1;/p-1. The Morgan fingerprint density at radius 1 is 0.625 bits per heavy atom. The number of allylic oxidation sites excluding steroid dienone is 6. The number of hydrogen-bond acceptors (Lipinski definition) is 9. The fourth-order valence-electron chi connectivity index (χ4n) is 6.82. The van der Waals surface area contributed by atoms with E-state index in [9.17, 15) is 0 Å². The van der Waals surface area contributed by atoms with E-state index in [2.05, 4.69) is 136 Å². The van der Waals surface area contributed by atoms with Crippen LogP contribution in [0.2, 0.25) is 0 Å². The molecule has 0 N–H and O–H groups in total. The monoisotopic (exact) mass is 792 g/mol. The summed E-state index contributed by atoms with van der Waals surface area (Å²) in [6.45, 7) is 16.9. The minimum atomic E-state index is -0.167. The van der Waals surface area contributed by atoms with Crippen LogP contribution in [0.3, 0.4) is 0 Å². The molecule has 0 amide bonds. The highest BCUT2D eigenvalue weighted by molar-refractivity contribution is 6.03. The summed E-state index contributed by atoms with van der Waals surface area (Å²) in [5.74, 6) is 0. The van der Waals surface area contributed by atoms with E-state index in [4.69, 9.17) is 39.5 Å². The average Bonchev–Trinajstić information content (AvgIpc) is 3.53. The van der Waals surface area contributed by atoms with Crippen LogP contribution in [0, 0.1) is 0 Å². The van der Waals surface area contributed by atoms with E-state index in [-0.39, 0.29) is 23.2 Å². The van der Waals surface area contributed by atoms with Crippen molar-refractivity contribution in [3.8, 4) is 0 Å². The van der Waals surface area contributed by atoms with Crippen LogP contribution in [-0.4, -0.2) is 116 Å².